The minimum absolute atomic E-state index is 0.115. The summed E-state index contributed by atoms with van der Waals surface area (Å²) >= 11 is 5.79. The lowest BCUT2D eigenvalue weighted by Gasteiger charge is -2.09. The van der Waals surface area contributed by atoms with Gasteiger partial charge in [-0.1, -0.05) is 11.6 Å². The first-order chi connectivity index (χ1) is 8.49. The maximum Gasteiger partial charge on any atom is 0.242 e. The molecule has 2 rings (SSSR count). The lowest BCUT2D eigenvalue weighted by molar-refractivity contribution is 0.415. The summed E-state index contributed by atoms with van der Waals surface area (Å²) in [5.41, 5.74) is 1.35. The number of hydrogen-bond donors (Lipinski definition) is 0. The summed E-state index contributed by atoms with van der Waals surface area (Å²) in [6, 6.07) is 3.03. The van der Waals surface area contributed by atoms with Crippen LogP contribution in [-0.4, -0.2) is 10.2 Å². The Morgan fingerprint density at radius 2 is 1.83 bits per heavy atom. The number of halogens is 3. The van der Waals surface area contributed by atoms with E-state index in [1.165, 1.54) is 6.07 Å². The summed E-state index contributed by atoms with van der Waals surface area (Å²) in [7, 11) is 0. The van der Waals surface area contributed by atoms with Gasteiger partial charge >= 0.3 is 0 Å². The Labute approximate surface area is 107 Å². The van der Waals surface area contributed by atoms with E-state index in [4.69, 9.17) is 16.3 Å². The summed E-state index contributed by atoms with van der Waals surface area (Å²) in [5.74, 6) is -1.45. The first kappa shape index (κ1) is 12.7. The van der Waals surface area contributed by atoms with Gasteiger partial charge in [-0.25, -0.2) is 8.78 Å². The molecule has 0 bridgehead atoms. The highest BCUT2D eigenvalue weighted by atomic mass is 35.5. The second kappa shape index (κ2) is 4.86. The number of ether oxygens (including phenoxy) is 1. The van der Waals surface area contributed by atoms with Gasteiger partial charge in [0.15, 0.2) is 16.7 Å². The van der Waals surface area contributed by atoms with Crippen LogP contribution in [-0.2, 0) is 0 Å². The largest absolute Gasteiger partial charge is 0.434 e. The van der Waals surface area contributed by atoms with E-state index < -0.39 is 11.6 Å². The Kier molecular flexibility index (Phi) is 3.43. The van der Waals surface area contributed by atoms with Crippen molar-refractivity contribution in [2.24, 2.45) is 0 Å². The highest BCUT2D eigenvalue weighted by molar-refractivity contribution is 6.30. The van der Waals surface area contributed by atoms with E-state index in [-0.39, 0.29) is 16.8 Å². The van der Waals surface area contributed by atoms with Crippen LogP contribution in [0.25, 0.3) is 0 Å². The second-order valence-corrected chi connectivity index (χ2v) is 4.08. The van der Waals surface area contributed by atoms with Crippen LogP contribution in [0.2, 0.25) is 5.15 Å². The Morgan fingerprint density at radius 3 is 2.50 bits per heavy atom. The summed E-state index contributed by atoms with van der Waals surface area (Å²) < 4.78 is 31.4. The molecule has 1 aromatic heterocycles. The monoisotopic (exact) mass is 270 g/mol. The second-order valence-electron chi connectivity index (χ2n) is 3.72. The predicted octanol–water partition coefficient (Wildman–Crippen LogP) is 3.82. The van der Waals surface area contributed by atoms with Gasteiger partial charge in [-0.05, 0) is 31.5 Å². The van der Waals surface area contributed by atoms with Crippen LogP contribution in [0.4, 0.5) is 8.78 Å². The number of rotatable bonds is 2. The molecule has 0 saturated carbocycles. The molecule has 0 aliphatic rings. The molecule has 0 aliphatic heterocycles. The van der Waals surface area contributed by atoms with Crippen molar-refractivity contribution in [3.05, 3.63) is 46.1 Å². The molecule has 2 aromatic rings. The fourth-order valence-electron chi connectivity index (χ4n) is 1.31. The van der Waals surface area contributed by atoms with E-state index in [0.717, 1.165) is 12.1 Å². The molecule has 6 heteroatoms. The van der Waals surface area contributed by atoms with Crippen molar-refractivity contribution in [1.82, 2.24) is 10.2 Å². The fraction of sp³-hybridized carbons (Fsp3) is 0.167. The van der Waals surface area contributed by atoms with Crippen molar-refractivity contribution >= 4 is 11.6 Å². The first-order valence-corrected chi connectivity index (χ1v) is 5.49. The van der Waals surface area contributed by atoms with Gasteiger partial charge in [0, 0.05) is 11.6 Å². The van der Waals surface area contributed by atoms with Crippen LogP contribution in [0.3, 0.4) is 0 Å². The average molecular weight is 271 g/mol. The Bertz CT molecular complexity index is 605. The van der Waals surface area contributed by atoms with Crippen molar-refractivity contribution in [1.29, 1.82) is 0 Å². The van der Waals surface area contributed by atoms with E-state index in [2.05, 4.69) is 10.2 Å². The standard InChI is InChI=1S/C12H9ClF2N2O/c1-6-7(2)12(17-16-11(6)13)18-10-4-3-8(14)5-9(10)15/h3-5H,1-2H3. The molecule has 0 fully saturated rings. The van der Waals surface area contributed by atoms with Crippen LogP contribution in [0.1, 0.15) is 11.1 Å². The normalized spacial score (nSPS) is 10.5. The zero-order valence-electron chi connectivity index (χ0n) is 9.67. The molecule has 1 aromatic carbocycles. The third-order valence-corrected chi connectivity index (χ3v) is 2.88. The maximum atomic E-state index is 13.4. The van der Waals surface area contributed by atoms with Gasteiger partial charge in [-0.2, -0.15) is 0 Å². The average Bonchev–Trinajstić information content (AvgIpc) is 2.33. The summed E-state index contributed by atoms with van der Waals surface area (Å²) in [4.78, 5) is 0. The molecule has 0 saturated heterocycles. The van der Waals surface area contributed by atoms with Crippen molar-refractivity contribution < 1.29 is 13.5 Å². The van der Waals surface area contributed by atoms with Crippen molar-refractivity contribution in [2.75, 3.05) is 0 Å². The molecule has 0 N–H and O–H groups in total. The lowest BCUT2D eigenvalue weighted by Crippen LogP contribution is -1.99. The Morgan fingerprint density at radius 1 is 1.11 bits per heavy atom. The first-order valence-electron chi connectivity index (χ1n) is 5.11. The third-order valence-electron chi connectivity index (χ3n) is 2.52. The Hall–Kier alpha value is -1.75. The molecule has 0 atom stereocenters. The number of hydrogen-bond acceptors (Lipinski definition) is 3. The SMILES string of the molecule is Cc1c(Cl)nnc(Oc2ccc(F)cc2F)c1C. The van der Waals surface area contributed by atoms with Crippen molar-refractivity contribution in [2.45, 2.75) is 13.8 Å². The molecule has 0 aliphatic carbocycles. The van der Waals surface area contributed by atoms with Gasteiger partial charge in [0.2, 0.25) is 5.88 Å². The summed E-state index contributed by atoms with van der Waals surface area (Å²) in [6.45, 7) is 3.48. The molecule has 3 nitrogen and oxygen atoms in total. The molecule has 18 heavy (non-hydrogen) atoms. The smallest absolute Gasteiger partial charge is 0.242 e. The van der Waals surface area contributed by atoms with E-state index in [9.17, 15) is 8.78 Å². The molecular weight excluding hydrogens is 262 g/mol. The van der Waals surface area contributed by atoms with Crippen molar-refractivity contribution in [3.8, 4) is 11.6 Å². The van der Waals surface area contributed by atoms with Gasteiger partial charge in [0.05, 0.1) is 0 Å². The minimum atomic E-state index is -0.802. The topological polar surface area (TPSA) is 35.0 Å². The van der Waals surface area contributed by atoms with Gasteiger partial charge in [-0.15, -0.1) is 10.2 Å². The highest BCUT2D eigenvalue weighted by Gasteiger charge is 2.12. The van der Waals surface area contributed by atoms with E-state index in [1.807, 2.05) is 0 Å². The predicted molar refractivity (Wildman–Crippen MR) is 62.9 cm³/mol. The van der Waals surface area contributed by atoms with E-state index in [1.54, 1.807) is 13.8 Å². The summed E-state index contributed by atoms with van der Waals surface area (Å²) in [6.07, 6.45) is 0. The van der Waals surface area contributed by atoms with E-state index >= 15 is 0 Å². The lowest BCUT2D eigenvalue weighted by atomic mass is 10.2. The van der Waals surface area contributed by atoms with Gasteiger partial charge < -0.3 is 4.74 Å². The number of nitrogens with zero attached hydrogens (tertiary/aromatic N) is 2. The van der Waals surface area contributed by atoms with E-state index in [0.29, 0.717) is 11.1 Å². The van der Waals surface area contributed by atoms with Crippen LogP contribution >= 0.6 is 11.6 Å². The highest BCUT2D eigenvalue weighted by Crippen LogP contribution is 2.28. The van der Waals surface area contributed by atoms with Crippen LogP contribution < -0.4 is 4.74 Å². The van der Waals surface area contributed by atoms with Crippen LogP contribution in [0.15, 0.2) is 18.2 Å². The maximum absolute atomic E-state index is 13.4. The van der Waals surface area contributed by atoms with Crippen LogP contribution in [0.5, 0.6) is 11.6 Å². The fourth-order valence-corrected chi connectivity index (χ4v) is 1.49. The third kappa shape index (κ3) is 2.41. The van der Waals surface area contributed by atoms with Crippen LogP contribution in [0, 0.1) is 25.5 Å². The molecule has 0 unspecified atom stereocenters. The molecule has 0 amide bonds. The molecular formula is C12H9ClF2N2O. The zero-order chi connectivity index (χ0) is 13.3. The van der Waals surface area contributed by atoms with Crippen molar-refractivity contribution in [3.63, 3.8) is 0 Å². The zero-order valence-corrected chi connectivity index (χ0v) is 10.4. The minimum Gasteiger partial charge on any atom is -0.434 e. The van der Waals surface area contributed by atoms with Gasteiger partial charge in [-0.3, -0.25) is 0 Å². The molecule has 94 valence electrons. The Balaban J connectivity index is 2.37. The molecule has 0 radical (unpaired) electrons. The number of benzene rings is 1. The van der Waals surface area contributed by atoms with Gasteiger partial charge in [0.25, 0.3) is 0 Å². The van der Waals surface area contributed by atoms with Gasteiger partial charge in [0.1, 0.15) is 5.82 Å². The molecule has 0 spiro atoms. The quantitative estimate of drug-likeness (QED) is 0.832. The molecule has 1 heterocycles. The number of aromatic nitrogens is 2. The summed E-state index contributed by atoms with van der Waals surface area (Å²) in [5, 5.41) is 7.67.